The highest BCUT2D eigenvalue weighted by molar-refractivity contribution is 5.80. The summed E-state index contributed by atoms with van der Waals surface area (Å²) in [7, 11) is 1.65. The maximum Gasteiger partial charge on any atom is 0.311 e. The predicted octanol–water partition coefficient (Wildman–Crippen LogP) is 2.54. The molecule has 1 aliphatic rings. The van der Waals surface area contributed by atoms with Crippen molar-refractivity contribution in [2.75, 3.05) is 7.11 Å². The molecule has 3 heteroatoms. The number of carbonyl (C=O) groups is 1. The monoisotopic (exact) mass is 220 g/mol. The van der Waals surface area contributed by atoms with Gasteiger partial charge in [0.15, 0.2) is 0 Å². The summed E-state index contributed by atoms with van der Waals surface area (Å²) < 4.78 is 5.32. The van der Waals surface area contributed by atoms with E-state index in [9.17, 15) is 4.79 Å². The van der Waals surface area contributed by atoms with Crippen molar-refractivity contribution in [3.05, 3.63) is 28.8 Å². The highest BCUT2D eigenvalue weighted by Gasteiger charge is 2.33. The van der Waals surface area contributed by atoms with E-state index in [2.05, 4.69) is 13.8 Å². The van der Waals surface area contributed by atoms with Crippen molar-refractivity contribution in [3.63, 3.8) is 0 Å². The number of ether oxygens (including phenoxy) is 1. The van der Waals surface area contributed by atoms with Gasteiger partial charge in [0.25, 0.3) is 0 Å². The smallest absolute Gasteiger partial charge is 0.311 e. The molecule has 16 heavy (non-hydrogen) atoms. The third-order valence-corrected chi connectivity index (χ3v) is 3.21. The van der Waals surface area contributed by atoms with Crippen LogP contribution in [0.5, 0.6) is 5.75 Å². The van der Waals surface area contributed by atoms with Crippen LogP contribution in [0, 0.1) is 0 Å². The number of hydrogen-bond donors (Lipinski definition) is 1. The first-order valence-electron chi connectivity index (χ1n) is 5.48. The Morgan fingerprint density at radius 3 is 2.69 bits per heavy atom. The van der Waals surface area contributed by atoms with Crippen LogP contribution in [-0.2, 0) is 11.2 Å². The van der Waals surface area contributed by atoms with Crippen molar-refractivity contribution >= 4 is 5.97 Å². The molecule has 1 aromatic rings. The number of hydrogen-bond acceptors (Lipinski definition) is 2. The number of carboxylic acids is 1. The maximum absolute atomic E-state index is 10.9. The second-order valence-corrected chi connectivity index (χ2v) is 4.54. The Hall–Kier alpha value is -1.51. The van der Waals surface area contributed by atoms with E-state index in [1.165, 1.54) is 0 Å². The molecule has 3 nitrogen and oxygen atoms in total. The first-order valence-corrected chi connectivity index (χ1v) is 5.48. The summed E-state index contributed by atoms with van der Waals surface area (Å²) in [5.74, 6) is 0.165. The second-order valence-electron chi connectivity index (χ2n) is 4.54. The molecule has 0 aliphatic heterocycles. The molecular formula is C13H16O3. The molecule has 1 atom stereocenters. The van der Waals surface area contributed by atoms with E-state index in [1.807, 2.05) is 12.1 Å². The summed E-state index contributed by atoms with van der Waals surface area (Å²) in [4.78, 5) is 10.9. The summed E-state index contributed by atoms with van der Waals surface area (Å²) in [6.07, 6.45) is 0.624. The van der Waals surface area contributed by atoms with Crippen molar-refractivity contribution in [2.45, 2.75) is 32.1 Å². The number of rotatable bonds is 3. The topological polar surface area (TPSA) is 46.5 Å². The minimum Gasteiger partial charge on any atom is -0.496 e. The molecule has 0 saturated carbocycles. The molecule has 0 bridgehead atoms. The Kier molecular flexibility index (Phi) is 2.62. The molecule has 0 saturated heterocycles. The molecule has 0 aromatic heterocycles. The van der Waals surface area contributed by atoms with Crippen molar-refractivity contribution in [3.8, 4) is 5.75 Å². The van der Waals surface area contributed by atoms with Gasteiger partial charge in [-0.15, -0.1) is 0 Å². The van der Waals surface area contributed by atoms with E-state index in [0.717, 1.165) is 22.4 Å². The normalized spacial score (nSPS) is 17.9. The van der Waals surface area contributed by atoms with Crippen LogP contribution in [-0.4, -0.2) is 18.2 Å². The number of carboxylic acid groups (broad SMARTS) is 1. The molecule has 86 valence electrons. The molecule has 0 fully saturated rings. The standard InChI is InChI=1S/C13H16O3/c1-7(2)9-6-10-8(5-12(9)16-3)4-11(10)13(14)15/h5-7,11H,4H2,1-3H3,(H,14,15)/t11-/m1/s1. The van der Waals surface area contributed by atoms with E-state index in [1.54, 1.807) is 7.11 Å². The van der Waals surface area contributed by atoms with Crippen molar-refractivity contribution in [1.29, 1.82) is 0 Å². The summed E-state index contributed by atoms with van der Waals surface area (Å²) in [5, 5.41) is 9.00. The van der Waals surface area contributed by atoms with E-state index in [4.69, 9.17) is 9.84 Å². The second kappa shape index (κ2) is 3.81. The Morgan fingerprint density at radius 2 is 2.19 bits per heavy atom. The first-order chi connectivity index (χ1) is 7.54. The molecular weight excluding hydrogens is 204 g/mol. The van der Waals surface area contributed by atoms with Crippen LogP contribution in [0.1, 0.15) is 42.4 Å². The van der Waals surface area contributed by atoms with Crippen LogP contribution in [0.2, 0.25) is 0 Å². The van der Waals surface area contributed by atoms with Crippen molar-refractivity contribution < 1.29 is 14.6 Å². The van der Waals surface area contributed by atoms with Crippen LogP contribution >= 0.6 is 0 Å². The van der Waals surface area contributed by atoms with Gasteiger partial charge in [-0.25, -0.2) is 0 Å². The van der Waals surface area contributed by atoms with E-state index < -0.39 is 5.97 Å². The van der Waals surface area contributed by atoms with Gasteiger partial charge in [-0.2, -0.15) is 0 Å². The van der Waals surface area contributed by atoms with Gasteiger partial charge in [-0.3, -0.25) is 4.79 Å². The van der Waals surface area contributed by atoms with Crippen molar-refractivity contribution in [1.82, 2.24) is 0 Å². The molecule has 1 aromatic carbocycles. The highest BCUT2D eigenvalue weighted by atomic mass is 16.5. The predicted molar refractivity (Wildman–Crippen MR) is 61.2 cm³/mol. The number of aliphatic carboxylic acids is 1. The van der Waals surface area contributed by atoms with Crippen LogP contribution in [0.4, 0.5) is 0 Å². The fourth-order valence-corrected chi connectivity index (χ4v) is 2.20. The minimum absolute atomic E-state index is 0.321. The third kappa shape index (κ3) is 1.56. The molecule has 0 radical (unpaired) electrons. The lowest BCUT2D eigenvalue weighted by atomic mass is 9.75. The van der Waals surface area contributed by atoms with Gasteiger partial charge in [0.1, 0.15) is 5.75 Å². The lowest BCUT2D eigenvalue weighted by Gasteiger charge is -2.29. The van der Waals surface area contributed by atoms with E-state index in [-0.39, 0.29) is 5.92 Å². The molecule has 2 rings (SSSR count). The van der Waals surface area contributed by atoms with E-state index >= 15 is 0 Å². The average molecular weight is 220 g/mol. The summed E-state index contributed by atoms with van der Waals surface area (Å²) >= 11 is 0. The van der Waals surface area contributed by atoms with Crippen molar-refractivity contribution in [2.24, 2.45) is 0 Å². The quantitative estimate of drug-likeness (QED) is 0.851. The van der Waals surface area contributed by atoms with Gasteiger partial charge < -0.3 is 9.84 Å². The zero-order valence-electron chi connectivity index (χ0n) is 9.78. The number of benzene rings is 1. The Bertz CT molecular complexity index is 435. The number of methoxy groups -OCH3 is 1. The first kappa shape index (κ1) is 11.0. The Morgan fingerprint density at radius 1 is 1.50 bits per heavy atom. The zero-order chi connectivity index (χ0) is 11.9. The lowest BCUT2D eigenvalue weighted by molar-refractivity contribution is -0.139. The minimum atomic E-state index is -0.729. The van der Waals surface area contributed by atoms with Crippen LogP contribution < -0.4 is 4.74 Å². The summed E-state index contributed by atoms with van der Waals surface area (Å²) in [5.41, 5.74) is 3.15. The molecule has 0 amide bonds. The average Bonchev–Trinajstić information content (AvgIpc) is 2.18. The largest absolute Gasteiger partial charge is 0.496 e. The highest BCUT2D eigenvalue weighted by Crippen LogP contribution is 2.41. The summed E-state index contributed by atoms with van der Waals surface area (Å²) in [6.45, 7) is 4.16. The van der Waals surface area contributed by atoms with E-state index in [0.29, 0.717) is 12.3 Å². The third-order valence-electron chi connectivity index (χ3n) is 3.21. The molecule has 0 unspecified atom stereocenters. The van der Waals surface area contributed by atoms with Crippen LogP contribution in [0.3, 0.4) is 0 Å². The molecule has 0 spiro atoms. The van der Waals surface area contributed by atoms with Gasteiger partial charge >= 0.3 is 5.97 Å². The zero-order valence-corrected chi connectivity index (χ0v) is 9.78. The van der Waals surface area contributed by atoms with Gasteiger partial charge in [0, 0.05) is 0 Å². The van der Waals surface area contributed by atoms with Gasteiger partial charge in [-0.1, -0.05) is 19.9 Å². The molecule has 1 aliphatic carbocycles. The van der Waals surface area contributed by atoms with Crippen LogP contribution in [0.25, 0.3) is 0 Å². The Labute approximate surface area is 95.0 Å². The fraction of sp³-hybridized carbons (Fsp3) is 0.462. The molecule has 0 heterocycles. The van der Waals surface area contributed by atoms with Crippen LogP contribution in [0.15, 0.2) is 12.1 Å². The molecule has 1 N–H and O–H groups in total. The SMILES string of the molecule is COc1cc2c(cc1C(C)C)[C@H](C(=O)O)C2. The van der Waals surface area contributed by atoms with Gasteiger partial charge in [-0.05, 0) is 35.1 Å². The summed E-state index contributed by atoms with van der Waals surface area (Å²) in [6, 6.07) is 3.96. The Balaban J connectivity index is 2.44. The maximum atomic E-state index is 10.9. The van der Waals surface area contributed by atoms with Gasteiger partial charge in [0.05, 0.1) is 13.0 Å². The van der Waals surface area contributed by atoms with Gasteiger partial charge in [0.2, 0.25) is 0 Å². The lowest BCUT2D eigenvalue weighted by Crippen LogP contribution is -2.25. The number of fused-ring (bicyclic) bond motifs is 1. The fourth-order valence-electron chi connectivity index (χ4n) is 2.20.